The highest BCUT2D eigenvalue weighted by Gasteiger charge is 2.41. The van der Waals surface area contributed by atoms with E-state index in [9.17, 15) is 13.2 Å². The third-order valence-electron chi connectivity index (χ3n) is 4.25. The number of rotatable bonds is 4. The number of guanidine groups is 1. The smallest absolute Gasteiger partial charge is 0.391 e. The SMILES string of the molecule is COc1ccc(NC(N)=NCC2CCC(C(F)(F)F)CC2)cc1Cl.I. The van der Waals surface area contributed by atoms with Gasteiger partial charge in [0.25, 0.3) is 0 Å². The molecule has 1 aliphatic carbocycles. The van der Waals surface area contributed by atoms with Gasteiger partial charge in [-0.3, -0.25) is 4.99 Å². The minimum absolute atomic E-state index is 0. The molecule has 142 valence electrons. The van der Waals surface area contributed by atoms with Crippen LogP contribution in [-0.2, 0) is 0 Å². The Hall–Kier alpha value is -0.900. The average molecular weight is 492 g/mol. The largest absolute Gasteiger partial charge is 0.495 e. The summed E-state index contributed by atoms with van der Waals surface area (Å²) < 4.78 is 43.0. The van der Waals surface area contributed by atoms with Gasteiger partial charge in [0.05, 0.1) is 18.1 Å². The molecule has 1 saturated carbocycles. The van der Waals surface area contributed by atoms with E-state index in [0.717, 1.165) is 0 Å². The van der Waals surface area contributed by atoms with Crippen LogP contribution in [0.3, 0.4) is 0 Å². The molecule has 0 amide bonds. The highest BCUT2D eigenvalue weighted by Crippen LogP contribution is 2.39. The van der Waals surface area contributed by atoms with E-state index in [2.05, 4.69) is 10.3 Å². The van der Waals surface area contributed by atoms with E-state index in [0.29, 0.717) is 35.8 Å². The maximum Gasteiger partial charge on any atom is 0.391 e. The Morgan fingerprint density at radius 1 is 1.32 bits per heavy atom. The van der Waals surface area contributed by atoms with Gasteiger partial charge in [-0.1, -0.05) is 11.6 Å². The molecule has 0 unspecified atom stereocenters. The Morgan fingerprint density at radius 3 is 2.48 bits per heavy atom. The van der Waals surface area contributed by atoms with Gasteiger partial charge in [-0.25, -0.2) is 0 Å². The van der Waals surface area contributed by atoms with Gasteiger partial charge in [0.1, 0.15) is 5.75 Å². The van der Waals surface area contributed by atoms with Crippen molar-refractivity contribution in [2.75, 3.05) is 19.0 Å². The van der Waals surface area contributed by atoms with Crippen LogP contribution in [0.4, 0.5) is 18.9 Å². The summed E-state index contributed by atoms with van der Waals surface area (Å²) >= 11 is 6.02. The molecule has 1 aromatic carbocycles. The highest BCUT2D eigenvalue weighted by molar-refractivity contribution is 14.0. The molecule has 1 aromatic rings. The zero-order chi connectivity index (χ0) is 17.7. The van der Waals surface area contributed by atoms with E-state index < -0.39 is 12.1 Å². The Morgan fingerprint density at radius 2 is 1.96 bits per heavy atom. The number of ether oxygens (including phenoxy) is 1. The first-order valence-corrected chi connectivity index (χ1v) is 8.14. The number of nitrogens with zero attached hydrogens (tertiary/aromatic N) is 1. The van der Waals surface area contributed by atoms with Crippen LogP contribution in [0.2, 0.25) is 5.02 Å². The number of aliphatic imine (C=N–C) groups is 1. The third-order valence-corrected chi connectivity index (χ3v) is 4.55. The molecule has 3 N–H and O–H groups in total. The number of hydrogen-bond acceptors (Lipinski definition) is 2. The van der Waals surface area contributed by atoms with Crippen LogP contribution in [-0.4, -0.2) is 25.8 Å². The number of methoxy groups -OCH3 is 1. The van der Waals surface area contributed by atoms with Crippen molar-refractivity contribution in [3.05, 3.63) is 23.2 Å². The lowest BCUT2D eigenvalue weighted by Gasteiger charge is -2.29. The summed E-state index contributed by atoms with van der Waals surface area (Å²) in [6.45, 7) is 0.424. The molecule has 0 spiro atoms. The molecule has 0 saturated heterocycles. The molecule has 0 aliphatic heterocycles. The van der Waals surface area contributed by atoms with E-state index in [1.54, 1.807) is 18.2 Å². The number of halogens is 5. The molecular weight excluding hydrogens is 470 g/mol. The molecule has 4 nitrogen and oxygen atoms in total. The lowest BCUT2D eigenvalue weighted by Crippen LogP contribution is -2.29. The Bertz CT molecular complexity index is 590. The van der Waals surface area contributed by atoms with Gasteiger partial charge < -0.3 is 15.8 Å². The number of hydrogen-bond donors (Lipinski definition) is 2. The maximum atomic E-state index is 12.6. The van der Waals surface area contributed by atoms with Crippen molar-refractivity contribution in [3.63, 3.8) is 0 Å². The fourth-order valence-corrected chi connectivity index (χ4v) is 3.09. The molecule has 2 rings (SSSR count). The third kappa shape index (κ3) is 6.73. The lowest BCUT2D eigenvalue weighted by atomic mass is 9.82. The fourth-order valence-electron chi connectivity index (χ4n) is 2.83. The van der Waals surface area contributed by atoms with Gasteiger partial charge in [-0.15, -0.1) is 24.0 Å². The van der Waals surface area contributed by atoms with Gasteiger partial charge in [-0.05, 0) is 49.8 Å². The summed E-state index contributed by atoms with van der Waals surface area (Å²) in [6.07, 6.45) is -2.69. The Labute approximate surface area is 167 Å². The van der Waals surface area contributed by atoms with Crippen molar-refractivity contribution in [1.82, 2.24) is 0 Å². The minimum atomic E-state index is -4.08. The van der Waals surface area contributed by atoms with Crippen LogP contribution < -0.4 is 15.8 Å². The normalized spacial score (nSPS) is 21.4. The average Bonchev–Trinajstić information content (AvgIpc) is 2.53. The fraction of sp³-hybridized carbons (Fsp3) is 0.562. The lowest BCUT2D eigenvalue weighted by molar-refractivity contribution is -0.183. The Balaban J connectivity index is 0.00000312. The van der Waals surface area contributed by atoms with E-state index >= 15 is 0 Å². The van der Waals surface area contributed by atoms with E-state index in [1.807, 2.05) is 0 Å². The molecule has 0 radical (unpaired) electrons. The predicted molar refractivity (Wildman–Crippen MR) is 105 cm³/mol. The van der Waals surface area contributed by atoms with Crippen LogP contribution in [0.25, 0.3) is 0 Å². The zero-order valence-corrected chi connectivity index (χ0v) is 16.9. The first-order chi connectivity index (χ1) is 11.3. The summed E-state index contributed by atoms with van der Waals surface area (Å²) in [5.74, 6) is -0.258. The second-order valence-electron chi connectivity index (χ2n) is 5.96. The summed E-state index contributed by atoms with van der Waals surface area (Å²) in [6, 6.07) is 5.12. The summed E-state index contributed by atoms with van der Waals surface area (Å²) in [5, 5.41) is 3.36. The van der Waals surface area contributed by atoms with Crippen LogP contribution in [0.15, 0.2) is 23.2 Å². The minimum Gasteiger partial charge on any atom is -0.495 e. The van der Waals surface area contributed by atoms with Crippen molar-refractivity contribution in [2.45, 2.75) is 31.9 Å². The van der Waals surface area contributed by atoms with Crippen LogP contribution in [0.5, 0.6) is 5.75 Å². The molecule has 0 bridgehead atoms. The number of alkyl halides is 3. The van der Waals surface area contributed by atoms with Crippen LogP contribution in [0, 0.1) is 11.8 Å². The van der Waals surface area contributed by atoms with E-state index in [4.69, 9.17) is 22.1 Å². The quantitative estimate of drug-likeness (QED) is 0.352. The predicted octanol–water partition coefficient (Wildman–Crippen LogP) is 5.06. The first kappa shape index (κ1) is 22.1. The van der Waals surface area contributed by atoms with E-state index in [-0.39, 0.29) is 48.7 Å². The van der Waals surface area contributed by atoms with Gasteiger partial charge >= 0.3 is 6.18 Å². The molecular formula is C16H22ClF3IN3O. The molecule has 0 atom stereocenters. The number of nitrogens with one attached hydrogen (secondary N) is 1. The van der Waals surface area contributed by atoms with Gasteiger partial charge in [0.2, 0.25) is 0 Å². The molecule has 1 fully saturated rings. The first-order valence-electron chi connectivity index (χ1n) is 7.76. The van der Waals surface area contributed by atoms with Crippen molar-refractivity contribution in [1.29, 1.82) is 0 Å². The van der Waals surface area contributed by atoms with E-state index in [1.165, 1.54) is 7.11 Å². The van der Waals surface area contributed by atoms with Crippen LogP contribution >= 0.6 is 35.6 Å². The summed E-state index contributed by atoms with van der Waals surface area (Å²) in [7, 11) is 1.53. The van der Waals surface area contributed by atoms with Gasteiger partial charge in [-0.2, -0.15) is 13.2 Å². The highest BCUT2D eigenvalue weighted by atomic mass is 127. The monoisotopic (exact) mass is 491 g/mol. The molecule has 9 heteroatoms. The van der Waals surface area contributed by atoms with Gasteiger partial charge in [0, 0.05) is 12.2 Å². The number of nitrogens with two attached hydrogens (primary N) is 1. The molecule has 1 aliphatic rings. The van der Waals surface area contributed by atoms with Crippen LogP contribution in [0.1, 0.15) is 25.7 Å². The molecule has 0 heterocycles. The molecule has 25 heavy (non-hydrogen) atoms. The Kier molecular flexibility index (Phi) is 8.59. The van der Waals surface area contributed by atoms with Gasteiger partial charge in [0.15, 0.2) is 5.96 Å². The standard InChI is InChI=1S/C16H21ClF3N3O.HI/c1-24-14-7-6-12(8-13(14)17)23-15(21)22-9-10-2-4-11(5-3-10)16(18,19)20;/h6-8,10-11H,2-5,9H2,1H3,(H3,21,22,23);1H. The second-order valence-corrected chi connectivity index (χ2v) is 6.37. The number of anilines is 1. The summed E-state index contributed by atoms with van der Waals surface area (Å²) in [4.78, 5) is 4.23. The van der Waals surface area contributed by atoms with Crippen molar-refractivity contribution >= 4 is 47.2 Å². The summed E-state index contributed by atoms with van der Waals surface area (Å²) in [5.41, 5.74) is 6.49. The topological polar surface area (TPSA) is 59.6 Å². The second kappa shape index (κ2) is 9.70. The van der Waals surface area contributed by atoms with Crippen molar-refractivity contribution < 1.29 is 17.9 Å². The molecule has 0 aromatic heterocycles. The van der Waals surface area contributed by atoms with Crippen molar-refractivity contribution in [2.24, 2.45) is 22.6 Å². The number of benzene rings is 1. The van der Waals surface area contributed by atoms with Crippen molar-refractivity contribution in [3.8, 4) is 5.75 Å². The maximum absolute atomic E-state index is 12.6. The zero-order valence-electron chi connectivity index (χ0n) is 13.8.